The molecule has 0 unspecified atom stereocenters. The molecule has 0 radical (unpaired) electrons. The highest BCUT2D eigenvalue weighted by Gasteiger charge is 2.17. The van der Waals surface area contributed by atoms with Gasteiger partial charge in [0.1, 0.15) is 5.75 Å². The van der Waals surface area contributed by atoms with E-state index in [0.29, 0.717) is 6.42 Å². The number of para-hydroxylation sites is 1. The van der Waals surface area contributed by atoms with Crippen LogP contribution in [-0.4, -0.2) is 18.6 Å². The number of carbonyl (C=O) groups is 1. The first-order valence-corrected chi connectivity index (χ1v) is 6.77. The van der Waals surface area contributed by atoms with Crippen LogP contribution in [0.4, 0.5) is 0 Å². The molecule has 0 aliphatic rings. The van der Waals surface area contributed by atoms with Gasteiger partial charge in [-0.15, -0.1) is 0 Å². The van der Waals surface area contributed by atoms with Crippen molar-refractivity contribution >= 4 is 5.91 Å². The third kappa shape index (κ3) is 5.21. The van der Waals surface area contributed by atoms with Gasteiger partial charge < -0.3 is 10.1 Å². The summed E-state index contributed by atoms with van der Waals surface area (Å²) in [4.78, 5) is 11.9. The van der Waals surface area contributed by atoms with Crippen molar-refractivity contribution in [2.45, 2.75) is 45.6 Å². The van der Waals surface area contributed by atoms with Crippen molar-refractivity contribution in [1.29, 1.82) is 0 Å². The molecule has 0 aromatic heterocycles. The topological polar surface area (TPSA) is 38.3 Å². The summed E-state index contributed by atoms with van der Waals surface area (Å²) in [5.74, 6) is 0.727. The molecule has 0 heterocycles. The highest BCUT2D eigenvalue weighted by molar-refractivity contribution is 5.81. The Morgan fingerprint density at radius 1 is 1.22 bits per heavy atom. The van der Waals surface area contributed by atoms with Crippen LogP contribution in [-0.2, 0) is 4.79 Å². The van der Waals surface area contributed by atoms with E-state index < -0.39 is 6.10 Å². The predicted molar refractivity (Wildman–Crippen MR) is 73.7 cm³/mol. The maximum absolute atomic E-state index is 11.9. The molecule has 3 heteroatoms. The van der Waals surface area contributed by atoms with E-state index in [0.717, 1.165) is 31.6 Å². The van der Waals surface area contributed by atoms with Crippen LogP contribution >= 0.6 is 0 Å². The molecule has 0 saturated heterocycles. The van der Waals surface area contributed by atoms with E-state index in [1.165, 1.54) is 0 Å². The van der Waals surface area contributed by atoms with Gasteiger partial charge in [-0.3, -0.25) is 4.79 Å². The lowest BCUT2D eigenvalue weighted by Gasteiger charge is -2.17. The molecule has 3 nitrogen and oxygen atoms in total. The molecule has 18 heavy (non-hydrogen) atoms. The molecule has 0 fully saturated rings. The largest absolute Gasteiger partial charge is 0.481 e. The van der Waals surface area contributed by atoms with E-state index in [9.17, 15) is 4.79 Å². The average molecular weight is 249 g/mol. The standard InChI is InChI=1S/C15H23NO2/c1-3-5-9-12-16-15(17)14(4-2)18-13-10-7-6-8-11-13/h6-8,10-11,14H,3-5,9,12H2,1-2H3,(H,16,17)/t14-/m0/s1. The fourth-order valence-corrected chi connectivity index (χ4v) is 1.69. The van der Waals surface area contributed by atoms with Crippen molar-refractivity contribution in [2.75, 3.05) is 6.54 Å². The third-order valence-electron chi connectivity index (χ3n) is 2.76. The summed E-state index contributed by atoms with van der Waals surface area (Å²) in [5, 5.41) is 2.92. The molecular weight excluding hydrogens is 226 g/mol. The minimum atomic E-state index is -0.394. The van der Waals surface area contributed by atoms with Crippen molar-refractivity contribution in [3.8, 4) is 5.75 Å². The van der Waals surface area contributed by atoms with Crippen molar-refractivity contribution in [3.05, 3.63) is 30.3 Å². The van der Waals surface area contributed by atoms with Crippen LogP contribution in [0.3, 0.4) is 0 Å². The van der Waals surface area contributed by atoms with Crippen LogP contribution in [0, 0.1) is 0 Å². The number of amides is 1. The van der Waals surface area contributed by atoms with E-state index in [1.54, 1.807) is 0 Å². The van der Waals surface area contributed by atoms with Gasteiger partial charge in [0.2, 0.25) is 0 Å². The molecule has 0 aliphatic heterocycles. The second-order valence-electron chi connectivity index (χ2n) is 4.33. The molecule has 1 N–H and O–H groups in total. The highest BCUT2D eigenvalue weighted by atomic mass is 16.5. The number of hydrogen-bond acceptors (Lipinski definition) is 2. The van der Waals surface area contributed by atoms with Crippen LogP contribution < -0.4 is 10.1 Å². The summed E-state index contributed by atoms with van der Waals surface area (Å²) in [6.45, 7) is 4.84. The first-order valence-electron chi connectivity index (χ1n) is 6.77. The first-order chi connectivity index (χ1) is 8.77. The molecular formula is C15H23NO2. The highest BCUT2D eigenvalue weighted by Crippen LogP contribution is 2.12. The van der Waals surface area contributed by atoms with E-state index in [4.69, 9.17) is 4.74 Å². The van der Waals surface area contributed by atoms with E-state index in [2.05, 4.69) is 12.2 Å². The van der Waals surface area contributed by atoms with E-state index >= 15 is 0 Å². The molecule has 0 bridgehead atoms. The smallest absolute Gasteiger partial charge is 0.261 e. The summed E-state index contributed by atoms with van der Waals surface area (Å²) in [5.41, 5.74) is 0. The number of carbonyl (C=O) groups excluding carboxylic acids is 1. The van der Waals surface area contributed by atoms with E-state index in [-0.39, 0.29) is 5.91 Å². The molecule has 100 valence electrons. The second-order valence-corrected chi connectivity index (χ2v) is 4.33. The lowest BCUT2D eigenvalue weighted by atomic mass is 10.2. The fraction of sp³-hybridized carbons (Fsp3) is 0.533. The minimum Gasteiger partial charge on any atom is -0.481 e. The molecule has 0 saturated carbocycles. The first kappa shape index (κ1) is 14.6. The molecule has 1 atom stereocenters. The van der Waals surface area contributed by atoms with Gasteiger partial charge in [-0.05, 0) is 25.0 Å². The molecule has 1 aromatic carbocycles. The van der Waals surface area contributed by atoms with Crippen molar-refractivity contribution in [2.24, 2.45) is 0 Å². The Kier molecular flexibility index (Phi) is 6.92. The van der Waals surface area contributed by atoms with Crippen molar-refractivity contribution in [3.63, 3.8) is 0 Å². The Balaban J connectivity index is 2.38. The number of rotatable bonds is 8. The fourth-order valence-electron chi connectivity index (χ4n) is 1.69. The van der Waals surface area contributed by atoms with Crippen molar-refractivity contribution < 1.29 is 9.53 Å². The van der Waals surface area contributed by atoms with E-state index in [1.807, 2.05) is 37.3 Å². The van der Waals surface area contributed by atoms with Gasteiger partial charge in [-0.2, -0.15) is 0 Å². The summed E-state index contributed by atoms with van der Waals surface area (Å²) in [6.07, 6.45) is 3.62. The average Bonchev–Trinajstić information content (AvgIpc) is 2.42. The maximum Gasteiger partial charge on any atom is 0.261 e. The van der Waals surface area contributed by atoms with Crippen LogP contribution in [0.25, 0.3) is 0 Å². The molecule has 0 aliphatic carbocycles. The SMILES string of the molecule is CCCCCNC(=O)[C@H](CC)Oc1ccccc1. The number of nitrogens with one attached hydrogen (secondary N) is 1. The molecule has 1 amide bonds. The Morgan fingerprint density at radius 3 is 2.56 bits per heavy atom. The Labute approximate surface area is 110 Å². The van der Waals surface area contributed by atoms with Gasteiger partial charge in [0.15, 0.2) is 6.10 Å². The van der Waals surface area contributed by atoms with Crippen LogP contribution in [0.15, 0.2) is 30.3 Å². The van der Waals surface area contributed by atoms with Crippen LogP contribution in [0.1, 0.15) is 39.5 Å². The lowest BCUT2D eigenvalue weighted by Crippen LogP contribution is -2.38. The van der Waals surface area contributed by atoms with Crippen molar-refractivity contribution in [1.82, 2.24) is 5.32 Å². The normalized spacial score (nSPS) is 11.9. The summed E-state index contributed by atoms with van der Waals surface area (Å²) >= 11 is 0. The van der Waals surface area contributed by atoms with Gasteiger partial charge in [0.25, 0.3) is 5.91 Å². The molecule has 1 rings (SSSR count). The van der Waals surface area contributed by atoms with Gasteiger partial charge in [-0.1, -0.05) is 44.9 Å². The molecule has 1 aromatic rings. The quantitative estimate of drug-likeness (QED) is 0.719. The van der Waals surface area contributed by atoms with Gasteiger partial charge in [-0.25, -0.2) is 0 Å². The predicted octanol–water partition coefficient (Wildman–Crippen LogP) is 3.15. The second kappa shape index (κ2) is 8.56. The lowest BCUT2D eigenvalue weighted by molar-refractivity contribution is -0.128. The zero-order valence-corrected chi connectivity index (χ0v) is 11.3. The number of benzene rings is 1. The van der Waals surface area contributed by atoms with Crippen LogP contribution in [0.5, 0.6) is 5.75 Å². The summed E-state index contributed by atoms with van der Waals surface area (Å²) < 4.78 is 5.67. The Bertz CT molecular complexity index is 338. The number of hydrogen-bond donors (Lipinski definition) is 1. The zero-order valence-electron chi connectivity index (χ0n) is 11.3. The Morgan fingerprint density at radius 2 is 1.94 bits per heavy atom. The number of ether oxygens (including phenoxy) is 1. The Hall–Kier alpha value is -1.51. The monoisotopic (exact) mass is 249 g/mol. The third-order valence-corrected chi connectivity index (χ3v) is 2.76. The van der Waals surface area contributed by atoms with Gasteiger partial charge in [0, 0.05) is 6.54 Å². The van der Waals surface area contributed by atoms with Crippen LogP contribution in [0.2, 0.25) is 0 Å². The summed E-state index contributed by atoms with van der Waals surface area (Å²) in [6, 6.07) is 9.47. The number of unbranched alkanes of at least 4 members (excludes halogenated alkanes) is 2. The minimum absolute atomic E-state index is 0.0162. The maximum atomic E-state index is 11.9. The van der Waals surface area contributed by atoms with Gasteiger partial charge in [0.05, 0.1) is 0 Å². The van der Waals surface area contributed by atoms with Gasteiger partial charge >= 0.3 is 0 Å². The zero-order chi connectivity index (χ0) is 13.2. The molecule has 0 spiro atoms. The summed E-state index contributed by atoms with van der Waals surface area (Å²) in [7, 11) is 0.